The summed E-state index contributed by atoms with van der Waals surface area (Å²) in [6, 6.07) is 4.78. The Bertz CT molecular complexity index is 597. The predicted molar refractivity (Wildman–Crippen MR) is 87.4 cm³/mol. The lowest BCUT2D eigenvalue weighted by molar-refractivity contribution is -0.159. The first-order chi connectivity index (χ1) is 10.8. The molecule has 0 aliphatic carbocycles. The second-order valence-corrected chi connectivity index (χ2v) is 5.63. The molecule has 2 amide bonds. The lowest BCUT2D eigenvalue weighted by Gasteiger charge is -2.13. The van der Waals surface area contributed by atoms with Crippen LogP contribution in [0.5, 0.6) is 0 Å². The maximum absolute atomic E-state index is 12.3. The van der Waals surface area contributed by atoms with Crippen LogP contribution in [0.2, 0.25) is 10.0 Å². The van der Waals surface area contributed by atoms with Crippen LogP contribution in [0.15, 0.2) is 24.3 Å². The highest BCUT2D eigenvalue weighted by atomic mass is 35.5. The highest BCUT2D eigenvalue weighted by Crippen LogP contribution is 2.21. The summed E-state index contributed by atoms with van der Waals surface area (Å²) in [6.45, 7) is 0.0279. The minimum atomic E-state index is -2.12. The molecule has 1 atom stereocenters. The SMILES string of the molecule is O=C(NCCCN(O)C(=O)/C=C/c1ccc(Cl)cc1Cl)C(F)Cl. The number of carbonyl (C=O) groups is 2. The van der Waals surface area contributed by atoms with Gasteiger partial charge < -0.3 is 5.32 Å². The van der Waals surface area contributed by atoms with Crippen molar-refractivity contribution >= 4 is 52.7 Å². The van der Waals surface area contributed by atoms with Gasteiger partial charge in [-0.2, -0.15) is 0 Å². The zero-order valence-corrected chi connectivity index (χ0v) is 14.1. The van der Waals surface area contributed by atoms with Crippen molar-refractivity contribution in [1.82, 2.24) is 10.4 Å². The van der Waals surface area contributed by atoms with Crippen molar-refractivity contribution in [2.75, 3.05) is 13.1 Å². The minimum Gasteiger partial charge on any atom is -0.352 e. The molecule has 5 nitrogen and oxygen atoms in total. The van der Waals surface area contributed by atoms with Gasteiger partial charge in [-0.05, 0) is 30.2 Å². The van der Waals surface area contributed by atoms with Crippen molar-refractivity contribution in [2.24, 2.45) is 0 Å². The zero-order chi connectivity index (χ0) is 17.4. The van der Waals surface area contributed by atoms with Gasteiger partial charge in [0, 0.05) is 22.7 Å². The average Bonchev–Trinajstić information content (AvgIpc) is 2.49. The van der Waals surface area contributed by atoms with E-state index >= 15 is 0 Å². The Morgan fingerprint density at radius 3 is 2.70 bits per heavy atom. The molecule has 1 aromatic rings. The van der Waals surface area contributed by atoms with Crippen LogP contribution >= 0.6 is 34.8 Å². The molecule has 23 heavy (non-hydrogen) atoms. The second-order valence-electron chi connectivity index (χ2n) is 4.41. The number of nitrogens with zero attached hydrogens (tertiary/aromatic N) is 1. The lowest BCUT2D eigenvalue weighted by atomic mass is 10.2. The standard InChI is InChI=1S/C14H14Cl3FN2O3/c15-10-4-2-9(11(16)8-10)3-5-12(21)20(23)7-1-6-19-14(22)13(17)18/h2-5,8,13,23H,1,6-7H2,(H,19,22)/b5-3+. The maximum atomic E-state index is 12.3. The van der Waals surface area contributed by atoms with Gasteiger partial charge >= 0.3 is 0 Å². The third-order valence-electron chi connectivity index (χ3n) is 2.67. The van der Waals surface area contributed by atoms with Crippen LogP contribution in [0.3, 0.4) is 0 Å². The summed E-state index contributed by atoms with van der Waals surface area (Å²) in [7, 11) is 0. The number of nitrogens with one attached hydrogen (secondary N) is 1. The highest BCUT2D eigenvalue weighted by molar-refractivity contribution is 6.35. The van der Waals surface area contributed by atoms with Crippen molar-refractivity contribution < 1.29 is 19.2 Å². The van der Waals surface area contributed by atoms with E-state index in [4.69, 9.17) is 34.8 Å². The van der Waals surface area contributed by atoms with Crippen molar-refractivity contribution in [3.05, 3.63) is 39.9 Å². The van der Waals surface area contributed by atoms with E-state index in [0.717, 1.165) is 6.08 Å². The number of halogens is 4. The van der Waals surface area contributed by atoms with Gasteiger partial charge in [-0.25, -0.2) is 9.45 Å². The molecular weight excluding hydrogens is 370 g/mol. The molecule has 2 N–H and O–H groups in total. The van der Waals surface area contributed by atoms with E-state index in [9.17, 15) is 19.2 Å². The lowest BCUT2D eigenvalue weighted by Crippen LogP contribution is -2.33. The van der Waals surface area contributed by atoms with Crippen LogP contribution in [0.1, 0.15) is 12.0 Å². The van der Waals surface area contributed by atoms with Gasteiger partial charge in [0.25, 0.3) is 17.4 Å². The van der Waals surface area contributed by atoms with Crippen molar-refractivity contribution in [3.63, 3.8) is 0 Å². The number of hydroxylamine groups is 2. The Morgan fingerprint density at radius 2 is 2.09 bits per heavy atom. The molecule has 9 heteroatoms. The van der Waals surface area contributed by atoms with Gasteiger partial charge in [-0.3, -0.25) is 14.8 Å². The fourth-order valence-corrected chi connectivity index (χ4v) is 2.06. The van der Waals surface area contributed by atoms with Crippen LogP contribution in [-0.4, -0.2) is 40.8 Å². The van der Waals surface area contributed by atoms with E-state index in [1.54, 1.807) is 12.1 Å². The molecule has 1 unspecified atom stereocenters. The summed E-state index contributed by atoms with van der Waals surface area (Å²) >= 11 is 16.6. The molecule has 0 heterocycles. The van der Waals surface area contributed by atoms with E-state index in [-0.39, 0.29) is 19.5 Å². The van der Waals surface area contributed by atoms with Crippen LogP contribution in [0.25, 0.3) is 6.08 Å². The van der Waals surface area contributed by atoms with Crippen molar-refractivity contribution in [2.45, 2.75) is 12.1 Å². The number of alkyl halides is 2. The van der Waals surface area contributed by atoms with Crippen molar-refractivity contribution in [1.29, 1.82) is 0 Å². The molecular formula is C14H14Cl3FN2O3. The van der Waals surface area contributed by atoms with Crippen LogP contribution in [0, 0.1) is 0 Å². The maximum Gasteiger partial charge on any atom is 0.270 e. The largest absolute Gasteiger partial charge is 0.352 e. The Morgan fingerprint density at radius 1 is 1.39 bits per heavy atom. The molecule has 1 rings (SSSR count). The fraction of sp³-hybridized carbons (Fsp3) is 0.286. The molecule has 0 spiro atoms. The molecule has 0 aromatic heterocycles. The minimum absolute atomic E-state index is 0.0446. The molecule has 0 aliphatic rings. The average molecular weight is 384 g/mol. The Labute approximate surface area is 147 Å². The van der Waals surface area contributed by atoms with E-state index < -0.39 is 17.4 Å². The van der Waals surface area contributed by atoms with Gasteiger partial charge in [0.1, 0.15) is 0 Å². The topological polar surface area (TPSA) is 69.6 Å². The van der Waals surface area contributed by atoms with Crippen LogP contribution in [-0.2, 0) is 9.59 Å². The molecule has 0 saturated heterocycles. The van der Waals surface area contributed by atoms with Gasteiger partial charge in [0.05, 0.1) is 6.54 Å². The number of rotatable bonds is 7. The van der Waals surface area contributed by atoms with Crippen LogP contribution in [0.4, 0.5) is 4.39 Å². The van der Waals surface area contributed by atoms with Crippen LogP contribution < -0.4 is 5.32 Å². The first-order valence-electron chi connectivity index (χ1n) is 6.50. The number of amides is 2. The van der Waals surface area contributed by atoms with E-state index in [2.05, 4.69) is 5.32 Å². The number of hydrogen-bond donors (Lipinski definition) is 2. The third kappa shape index (κ3) is 7.18. The fourth-order valence-electron chi connectivity index (χ4n) is 1.51. The van der Waals surface area contributed by atoms with Gasteiger partial charge in [0.2, 0.25) is 0 Å². The second kappa shape index (κ2) is 9.72. The molecule has 126 valence electrons. The third-order valence-corrected chi connectivity index (χ3v) is 3.43. The van der Waals surface area contributed by atoms with E-state index in [1.807, 2.05) is 0 Å². The van der Waals surface area contributed by atoms with E-state index in [1.165, 1.54) is 12.1 Å². The molecule has 0 bridgehead atoms. The first kappa shape index (κ1) is 19.7. The van der Waals surface area contributed by atoms with Gasteiger partial charge in [0.15, 0.2) is 0 Å². The predicted octanol–water partition coefficient (Wildman–Crippen LogP) is 3.27. The summed E-state index contributed by atoms with van der Waals surface area (Å²) in [4.78, 5) is 22.5. The first-order valence-corrected chi connectivity index (χ1v) is 7.70. The molecule has 0 fully saturated rings. The van der Waals surface area contributed by atoms with E-state index in [0.29, 0.717) is 20.7 Å². The Hall–Kier alpha value is -1.34. The summed E-state index contributed by atoms with van der Waals surface area (Å²) < 4.78 is 12.3. The highest BCUT2D eigenvalue weighted by Gasteiger charge is 2.12. The zero-order valence-electron chi connectivity index (χ0n) is 11.8. The number of benzene rings is 1. The monoisotopic (exact) mass is 382 g/mol. The quantitative estimate of drug-likeness (QED) is 0.250. The number of carbonyl (C=O) groups excluding carboxylic acids is 2. The summed E-state index contributed by atoms with van der Waals surface area (Å²) in [5, 5.41) is 13.1. The molecule has 0 radical (unpaired) electrons. The van der Waals surface area contributed by atoms with Gasteiger partial charge in [-0.15, -0.1) is 0 Å². The normalized spacial score (nSPS) is 12.2. The number of hydrogen-bond acceptors (Lipinski definition) is 3. The smallest absolute Gasteiger partial charge is 0.270 e. The summed E-state index contributed by atoms with van der Waals surface area (Å²) in [5.41, 5.74) is -1.55. The summed E-state index contributed by atoms with van der Waals surface area (Å²) in [5.74, 6) is -1.62. The molecule has 0 saturated carbocycles. The van der Waals surface area contributed by atoms with Crippen molar-refractivity contribution in [3.8, 4) is 0 Å². The van der Waals surface area contributed by atoms with Gasteiger partial charge in [-0.1, -0.05) is 40.9 Å². The molecule has 1 aromatic carbocycles. The Balaban J connectivity index is 2.41. The molecule has 0 aliphatic heterocycles. The summed E-state index contributed by atoms with van der Waals surface area (Å²) in [6.07, 6.45) is 2.81. The Kier molecular flexibility index (Phi) is 8.33.